The van der Waals surface area contributed by atoms with Crippen LogP contribution in [0.1, 0.15) is 12.0 Å². The third-order valence-corrected chi connectivity index (χ3v) is 9.17. The molecule has 0 N–H and O–H groups in total. The minimum atomic E-state index is -2.17. The third-order valence-electron chi connectivity index (χ3n) is 5.41. The Bertz CT molecular complexity index is 1170. The van der Waals surface area contributed by atoms with Crippen molar-refractivity contribution in [2.75, 3.05) is 6.54 Å². The van der Waals surface area contributed by atoms with Crippen LogP contribution >= 0.6 is 7.05 Å². The van der Waals surface area contributed by atoms with E-state index in [1.807, 2.05) is 24.3 Å². The van der Waals surface area contributed by atoms with Crippen molar-refractivity contribution in [2.45, 2.75) is 6.42 Å². The normalized spacial score (nSPS) is 11.4. The van der Waals surface area contributed by atoms with E-state index in [-0.39, 0.29) is 10.6 Å². The molecule has 4 aromatic carbocycles. The Morgan fingerprint density at radius 2 is 1.15 bits per heavy atom. The topological polar surface area (TPSA) is 55.5 Å². The maximum atomic E-state index is 10.8. The zero-order valence-corrected chi connectivity index (χ0v) is 19.1. The van der Waals surface area contributed by atoms with Crippen molar-refractivity contribution in [3.05, 3.63) is 137 Å². The summed E-state index contributed by atoms with van der Waals surface area (Å²) in [6, 6.07) is 38.3. The molecule has 0 aromatic heterocycles. The first-order chi connectivity index (χ1) is 16.2. The van der Waals surface area contributed by atoms with Crippen molar-refractivity contribution in [1.29, 1.82) is 0 Å². The molecule has 0 radical (unpaired) electrons. The summed E-state index contributed by atoms with van der Waals surface area (Å²) in [5.41, 5.74) is 1.04. The van der Waals surface area contributed by atoms with Gasteiger partial charge in [0, 0.05) is 34.6 Å². The summed E-state index contributed by atoms with van der Waals surface area (Å²) in [5.74, 6) is 0. The molecule has 0 amide bonds. The summed E-state index contributed by atoms with van der Waals surface area (Å²) >= 11 is 0. The van der Waals surface area contributed by atoms with Crippen LogP contribution in [0, 0.1) is 10.1 Å². The number of hydrogen-bond donors (Lipinski definition) is 0. The van der Waals surface area contributed by atoms with E-state index in [9.17, 15) is 10.1 Å². The Morgan fingerprint density at radius 1 is 0.697 bits per heavy atom. The highest BCUT2D eigenvalue weighted by molar-refractivity contribution is 7.87. The molecule has 164 valence electrons. The van der Waals surface area contributed by atoms with E-state index < -0.39 is 7.05 Å². The van der Waals surface area contributed by atoms with E-state index in [4.69, 9.17) is 4.74 Å². The van der Waals surface area contributed by atoms with Crippen LogP contribution in [0.2, 0.25) is 0 Å². The number of nitrogens with zero attached hydrogens (tertiary/aromatic N) is 2. The summed E-state index contributed by atoms with van der Waals surface area (Å²) in [4.78, 5) is 10.5. The molecule has 0 saturated carbocycles. The maximum Gasteiger partial charge on any atom is 0.269 e. The van der Waals surface area contributed by atoms with Crippen molar-refractivity contribution in [3.63, 3.8) is 0 Å². The Hall–Kier alpha value is -3.75. The van der Waals surface area contributed by atoms with Gasteiger partial charge in [0.2, 0.25) is 0 Å². The number of nitro groups is 1. The van der Waals surface area contributed by atoms with Gasteiger partial charge in [0.05, 0.1) is 12.0 Å². The average Bonchev–Trinajstić information content (AvgIpc) is 2.88. The van der Waals surface area contributed by atoms with Crippen molar-refractivity contribution in [2.24, 2.45) is 4.74 Å². The van der Waals surface area contributed by atoms with Gasteiger partial charge >= 0.3 is 0 Å². The van der Waals surface area contributed by atoms with E-state index >= 15 is 0 Å². The molecule has 33 heavy (non-hydrogen) atoms. The fraction of sp³-hybridized carbons (Fsp3) is 0.0714. The number of benzene rings is 4. The molecule has 0 spiro atoms. The molecule has 0 saturated heterocycles. The standard InChI is InChI=1S/C28H25N2O2P/c31-30(32)25-21-19-24(20-22-25)12-10-11-23-29-33(26-13-4-1-5-14-26,27-15-6-2-7-16-27)28-17-8-3-9-18-28/h1-10,12-22H,11,23H2/b12-10-. The van der Waals surface area contributed by atoms with E-state index in [0.29, 0.717) is 6.54 Å². The summed E-state index contributed by atoms with van der Waals surface area (Å²) in [6.45, 7) is 0.677. The lowest BCUT2D eigenvalue weighted by Crippen LogP contribution is -2.25. The fourth-order valence-electron chi connectivity index (χ4n) is 3.83. The molecule has 0 fully saturated rings. The second kappa shape index (κ2) is 10.7. The SMILES string of the molecule is O=[N+]([O-])c1ccc(/C=C\CCN=P(c2ccccc2)(c2ccccc2)c2ccccc2)cc1. The van der Waals surface area contributed by atoms with E-state index in [1.165, 1.54) is 28.0 Å². The third kappa shape index (κ3) is 5.19. The lowest BCUT2D eigenvalue weighted by molar-refractivity contribution is -0.384. The second-order valence-corrected chi connectivity index (χ2v) is 10.6. The van der Waals surface area contributed by atoms with Gasteiger partial charge in [-0.1, -0.05) is 103 Å². The van der Waals surface area contributed by atoms with Crippen molar-refractivity contribution in [1.82, 2.24) is 0 Å². The molecule has 0 unspecified atom stereocenters. The molecule has 4 rings (SSSR count). The monoisotopic (exact) mass is 452 g/mol. The highest BCUT2D eigenvalue weighted by atomic mass is 31.2. The number of rotatable bonds is 8. The number of non-ortho nitro benzene ring substituents is 1. The molecule has 0 aliphatic rings. The first-order valence-corrected chi connectivity index (χ1v) is 12.6. The zero-order chi connectivity index (χ0) is 22.9. The average molecular weight is 452 g/mol. The van der Waals surface area contributed by atoms with Crippen LogP contribution in [0.15, 0.2) is 126 Å². The van der Waals surface area contributed by atoms with Crippen molar-refractivity contribution < 1.29 is 4.92 Å². The van der Waals surface area contributed by atoms with Gasteiger partial charge in [0.1, 0.15) is 0 Å². The second-order valence-electron chi connectivity index (χ2n) is 7.55. The first-order valence-electron chi connectivity index (χ1n) is 10.9. The first kappa shape index (κ1) is 22.4. The highest BCUT2D eigenvalue weighted by Crippen LogP contribution is 2.46. The van der Waals surface area contributed by atoms with Crippen molar-refractivity contribution in [3.8, 4) is 0 Å². The molecule has 0 heterocycles. The quantitative estimate of drug-likeness (QED) is 0.139. The van der Waals surface area contributed by atoms with Gasteiger partial charge in [-0.05, 0) is 24.1 Å². The molecular weight excluding hydrogens is 427 g/mol. The van der Waals surface area contributed by atoms with Crippen molar-refractivity contribution >= 4 is 34.7 Å². The van der Waals surface area contributed by atoms with E-state index in [0.717, 1.165) is 12.0 Å². The molecule has 0 aliphatic carbocycles. The van der Waals surface area contributed by atoms with Gasteiger partial charge < -0.3 is 0 Å². The Morgan fingerprint density at radius 3 is 1.58 bits per heavy atom. The lowest BCUT2D eigenvalue weighted by atomic mass is 10.2. The predicted molar refractivity (Wildman–Crippen MR) is 139 cm³/mol. The van der Waals surface area contributed by atoms with Crippen LogP contribution in [0.25, 0.3) is 6.08 Å². The zero-order valence-electron chi connectivity index (χ0n) is 18.2. The van der Waals surface area contributed by atoms with Crippen LogP contribution in [-0.4, -0.2) is 11.5 Å². The van der Waals surface area contributed by atoms with Crippen LogP contribution in [-0.2, 0) is 0 Å². The molecule has 0 aliphatic heterocycles. The van der Waals surface area contributed by atoms with Gasteiger partial charge in [0.25, 0.3) is 5.69 Å². The summed E-state index contributed by atoms with van der Waals surface area (Å²) < 4.78 is 5.41. The van der Waals surface area contributed by atoms with Crippen LogP contribution in [0.3, 0.4) is 0 Å². The fourth-order valence-corrected chi connectivity index (χ4v) is 7.44. The highest BCUT2D eigenvalue weighted by Gasteiger charge is 2.26. The molecule has 4 aromatic rings. The summed E-state index contributed by atoms with van der Waals surface area (Å²) in [7, 11) is -2.17. The Kier molecular flexibility index (Phi) is 7.29. The van der Waals surface area contributed by atoms with Gasteiger partial charge in [-0.3, -0.25) is 14.9 Å². The largest absolute Gasteiger partial charge is 0.289 e. The Labute approximate surface area is 194 Å². The number of nitro benzene ring substituents is 1. The maximum absolute atomic E-state index is 10.8. The van der Waals surface area contributed by atoms with Gasteiger partial charge in [0.15, 0.2) is 0 Å². The molecule has 5 heteroatoms. The number of hydrogen-bond acceptors (Lipinski definition) is 3. The van der Waals surface area contributed by atoms with Crippen LogP contribution < -0.4 is 15.9 Å². The lowest BCUT2D eigenvalue weighted by Gasteiger charge is -2.27. The minimum Gasteiger partial charge on any atom is -0.289 e. The molecule has 0 atom stereocenters. The van der Waals surface area contributed by atoms with Crippen LogP contribution in [0.5, 0.6) is 0 Å². The molecule has 0 bridgehead atoms. The molecule has 4 nitrogen and oxygen atoms in total. The predicted octanol–water partition coefficient (Wildman–Crippen LogP) is 6.18. The van der Waals surface area contributed by atoms with Gasteiger partial charge in [-0.15, -0.1) is 0 Å². The summed E-state index contributed by atoms with van der Waals surface area (Å²) in [6.07, 6.45) is 4.86. The van der Waals surface area contributed by atoms with E-state index in [1.54, 1.807) is 12.1 Å². The van der Waals surface area contributed by atoms with Gasteiger partial charge in [-0.25, -0.2) is 0 Å². The molecular formula is C28H25N2O2P. The van der Waals surface area contributed by atoms with Gasteiger partial charge in [-0.2, -0.15) is 0 Å². The summed E-state index contributed by atoms with van der Waals surface area (Å²) in [5, 5.41) is 14.5. The van der Waals surface area contributed by atoms with Crippen LogP contribution in [0.4, 0.5) is 5.69 Å². The smallest absolute Gasteiger partial charge is 0.269 e. The Balaban J connectivity index is 1.68. The van der Waals surface area contributed by atoms with E-state index in [2.05, 4.69) is 78.9 Å². The minimum absolute atomic E-state index is 0.102.